The fourth-order valence-electron chi connectivity index (χ4n) is 3.35. The number of amidine groups is 1. The molecule has 0 aliphatic carbocycles. The van der Waals surface area contributed by atoms with E-state index in [4.69, 9.17) is 5.73 Å². The minimum Gasteiger partial charge on any atom is -0.365 e. The lowest BCUT2D eigenvalue weighted by Gasteiger charge is -2.33. The maximum atomic E-state index is 12.6. The van der Waals surface area contributed by atoms with Crippen molar-refractivity contribution in [2.45, 2.75) is 17.7 Å². The van der Waals surface area contributed by atoms with Crippen molar-refractivity contribution in [3.8, 4) is 0 Å². The molecule has 2 amide bonds. The number of primary amides is 1. The molecule has 9 nitrogen and oxygen atoms in total. The first-order valence-electron chi connectivity index (χ1n) is 8.61. The van der Waals surface area contributed by atoms with Gasteiger partial charge in [-0.15, -0.1) is 4.40 Å². The van der Waals surface area contributed by atoms with Gasteiger partial charge in [-0.3, -0.25) is 9.59 Å². The number of thiazole rings is 1. The van der Waals surface area contributed by atoms with Crippen LogP contribution in [-0.2, 0) is 14.8 Å². The number of nitrogens with one attached hydrogen (secondary N) is 1. The van der Waals surface area contributed by atoms with Gasteiger partial charge in [0.1, 0.15) is 9.77 Å². The normalized spacial score (nSPS) is 20.4. The monoisotopic (exact) mass is 419 g/mol. The third-order valence-electron chi connectivity index (χ3n) is 4.68. The number of rotatable bonds is 3. The average molecular weight is 419 g/mol. The third-order valence-corrected chi connectivity index (χ3v) is 6.94. The average Bonchev–Trinajstić information content (AvgIpc) is 3.25. The van der Waals surface area contributed by atoms with Crippen LogP contribution < -0.4 is 11.1 Å². The van der Waals surface area contributed by atoms with Crippen molar-refractivity contribution < 1.29 is 18.0 Å². The van der Waals surface area contributed by atoms with Crippen LogP contribution in [0.15, 0.2) is 39.8 Å². The number of nitrogens with zero attached hydrogens (tertiary/aromatic N) is 3. The van der Waals surface area contributed by atoms with E-state index >= 15 is 0 Å². The lowest BCUT2D eigenvalue weighted by molar-refractivity contribution is -0.121. The van der Waals surface area contributed by atoms with E-state index in [1.807, 2.05) is 4.90 Å². The highest BCUT2D eigenvalue weighted by molar-refractivity contribution is 7.90. The lowest BCUT2D eigenvalue weighted by atomic mass is 9.96. The van der Waals surface area contributed by atoms with E-state index in [0.717, 1.165) is 17.8 Å². The van der Waals surface area contributed by atoms with Gasteiger partial charge in [0, 0.05) is 18.7 Å². The standard InChI is InChI=1S/C17H17N5O4S2/c18-14(23)12-8-19-17(27-12)20-16(24)10-4-3-7-22(9-10)15-11-5-1-2-6-13(11)28(25,26)21-15/h1-2,5-6,8,10H,3-4,7,9H2,(H2,18,23)(H,19,20,24)/t10-/m1/s1. The number of nitrogens with two attached hydrogens (primary N) is 1. The molecule has 146 valence electrons. The van der Waals surface area contributed by atoms with Crippen LogP contribution in [0.25, 0.3) is 0 Å². The van der Waals surface area contributed by atoms with Crippen molar-refractivity contribution in [2.24, 2.45) is 16.0 Å². The van der Waals surface area contributed by atoms with Crippen molar-refractivity contribution in [3.63, 3.8) is 0 Å². The summed E-state index contributed by atoms with van der Waals surface area (Å²) in [4.78, 5) is 30.1. The third kappa shape index (κ3) is 3.38. The number of benzene rings is 1. The van der Waals surface area contributed by atoms with E-state index in [9.17, 15) is 18.0 Å². The summed E-state index contributed by atoms with van der Waals surface area (Å²) in [5.41, 5.74) is 5.76. The molecule has 1 fully saturated rings. The minimum atomic E-state index is -3.70. The predicted octanol–water partition coefficient (Wildman–Crippen LogP) is 1.04. The van der Waals surface area contributed by atoms with Crippen molar-refractivity contribution in [2.75, 3.05) is 18.4 Å². The number of fused-ring (bicyclic) bond motifs is 1. The predicted molar refractivity (Wildman–Crippen MR) is 104 cm³/mol. The van der Waals surface area contributed by atoms with Crippen LogP contribution in [0.3, 0.4) is 0 Å². The van der Waals surface area contributed by atoms with E-state index in [0.29, 0.717) is 36.0 Å². The van der Waals surface area contributed by atoms with Crippen LogP contribution in [0.4, 0.5) is 5.13 Å². The number of carbonyl (C=O) groups is 2. The van der Waals surface area contributed by atoms with Gasteiger partial charge in [-0.05, 0) is 25.0 Å². The minimum absolute atomic E-state index is 0.193. The zero-order chi connectivity index (χ0) is 19.9. The zero-order valence-electron chi connectivity index (χ0n) is 14.7. The number of amides is 2. The second kappa shape index (κ2) is 6.99. The molecule has 1 aromatic carbocycles. The van der Waals surface area contributed by atoms with Crippen molar-refractivity contribution >= 4 is 44.1 Å². The van der Waals surface area contributed by atoms with Crippen LogP contribution in [0.1, 0.15) is 28.1 Å². The van der Waals surface area contributed by atoms with Gasteiger partial charge in [0.2, 0.25) is 5.91 Å². The number of hydrogen-bond acceptors (Lipinski definition) is 7. The number of hydrogen-bond donors (Lipinski definition) is 2. The molecular weight excluding hydrogens is 402 g/mol. The summed E-state index contributed by atoms with van der Waals surface area (Å²) in [5.74, 6) is -0.794. The molecule has 2 aromatic rings. The first kappa shape index (κ1) is 18.6. The Morgan fingerprint density at radius 1 is 1.29 bits per heavy atom. The molecule has 1 saturated heterocycles. The van der Waals surface area contributed by atoms with Crippen LogP contribution >= 0.6 is 11.3 Å². The van der Waals surface area contributed by atoms with Gasteiger partial charge in [0.25, 0.3) is 15.9 Å². The lowest BCUT2D eigenvalue weighted by Crippen LogP contribution is -2.43. The molecule has 0 unspecified atom stereocenters. The molecule has 0 radical (unpaired) electrons. The number of likely N-dealkylation sites (tertiary alicyclic amines) is 1. The number of piperidine rings is 1. The number of anilines is 1. The van der Waals surface area contributed by atoms with Crippen LogP contribution in [0.2, 0.25) is 0 Å². The Morgan fingerprint density at radius 2 is 2.07 bits per heavy atom. The molecule has 2 aliphatic rings. The Morgan fingerprint density at radius 3 is 2.82 bits per heavy atom. The Balaban J connectivity index is 1.50. The highest BCUT2D eigenvalue weighted by Gasteiger charge is 2.35. The second-order valence-corrected chi connectivity index (χ2v) is 9.16. The second-order valence-electron chi connectivity index (χ2n) is 6.55. The van der Waals surface area contributed by atoms with Crippen LogP contribution in [-0.4, -0.2) is 49.0 Å². The van der Waals surface area contributed by atoms with Gasteiger partial charge in [-0.2, -0.15) is 8.42 Å². The van der Waals surface area contributed by atoms with Crippen LogP contribution in [0, 0.1) is 5.92 Å². The molecule has 0 spiro atoms. The van der Waals surface area contributed by atoms with Gasteiger partial charge in [0.05, 0.1) is 12.1 Å². The maximum absolute atomic E-state index is 12.6. The molecular formula is C17H17N5O4S2. The maximum Gasteiger partial charge on any atom is 0.285 e. The summed E-state index contributed by atoms with van der Waals surface area (Å²) < 4.78 is 28.5. The molecule has 0 bridgehead atoms. The fraction of sp³-hybridized carbons (Fsp3) is 0.294. The van der Waals surface area contributed by atoms with Gasteiger partial charge in [-0.1, -0.05) is 23.5 Å². The van der Waals surface area contributed by atoms with Gasteiger partial charge >= 0.3 is 0 Å². The SMILES string of the molecule is NC(=O)c1cnc(NC(=O)[C@@H]2CCCN(C3=NS(=O)(=O)c4ccccc43)C2)s1. The molecule has 3 N–H and O–H groups in total. The van der Waals surface area contributed by atoms with Gasteiger partial charge in [-0.25, -0.2) is 4.98 Å². The summed E-state index contributed by atoms with van der Waals surface area (Å²) in [6, 6.07) is 6.69. The quantitative estimate of drug-likeness (QED) is 0.763. The number of aromatic nitrogens is 1. The Hall–Kier alpha value is -2.79. The van der Waals surface area contributed by atoms with Gasteiger partial charge in [0.15, 0.2) is 11.0 Å². The molecule has 28 heavy (non-hydrogen) atoms. The fourth-order valence-corrected chi connectivity index (χ4v) is 5.25. The molecule has 1 aromatic heterocycles. The largest absolute Gasteiger partial charge is 0.365 e. The van der Waals surface area contributed by atoms with E-state index in [-0.39, 0.29) is 21.6 Å². The molecule has 1 atom stereocenters. The summed E-state index contributed by atoms with van der Waals surface area (Å²) in [7, 11) is -3.70. The van der Waals surface area contributed by atoms with E-state index < -0.39 is 15.9 Å². The topological polar surface area (TPSA) is 135 Å². The number of carbonyl (C=O) groups excluding carboxylic acids is 2. The van der Waals surface area contributed by atoms with Crippen molar-refractivity contribution in [1.29, 1.82) is 0 Å². The highest BCUT2D eigenvalue weighted by Crippen LogP contribution is 2.30. The molecule has 4 rings (SSSR count). The first-order valence-corrected chi connectivity index (χ1v) is 10.9. The molecule has 0 saturated carbocycles. The molecule has 3 heterocycles. The van der Waals surface area contributed by atoms with E-state index in [2.05, 4.69) is 14.7 Å². The number of sulfonamides is 1. The van der Waals surface area contributed by atoms with Crippen molar-refractivity contribution in [3.05, 3.63) is 40.9 Å². The van der Waals surface area contributed by atoms with E-state index in [1.54, 1.807) is 18.2 Å². The van der Waals surface area contributed by atoms with Crippen molar-refractivity contribution in [1.82, 2.24) is 9.88 Å². The Kier molecular flexibility index (Phi) is 4.63. The smallest absolute Gasteiger partial charge is 0.285 e. The Labute approximate surface area is 165 Å². The summed E-state index contributed by atoms with van der Waals surface area (Å²) in [6.07, 6.45) is 2.71. The Bertz CT molecular complexity index is 1090. The summed E-state index contributed by atoms with van der Waals surface area (Å²) in [5, 5.41) is 3.02. The first-order chi connectivity index (χ1) is 13.3. The zero-order valence-corrected chi connectivity index (χ0v) is 16.3. The van der Waals surface area contributed by atoms with E-state index in [1.165, 1.54) is 12.3 Å². The highest BCUT2D eigenvalue weighted by atomic mass is 32.2. The summed E-state index contributed by atoms with van der Waals surface area (Å²) in [6.45, 7) is 0.970. The molecule has 11 heteroatoms. The van der Waals surface area contributed by atoms with Gasteiger partial charge < -0.3 is 16.0 Å². The molecule has 2 aliphatic heterocycles. The van der Waals surface area contributed by atoms with Crippen LogP contribution in [0.5, 0.6) is 0 Å². The summed E-state index contributed by atoms with van der Waals surface area (Å²) >= 11 is 1.02.